The summed E-state index contributed by atoms with van der Waals surface area (Å²) in [6, 6.07) is 13.0. The van der Waals surface area contributed by atoms with E-state index in [-0.39, 0.29) is 12.1 Å². The molecule has 2 rings (SSSR count). The van der Waals surface area contributed by atoms with Gasteiger partial charge in [-0.3, -0.25) is 4.90 Å². The molecular formula is C14H19N3. The molecule has 90 valence electrons. The minimum atomic E-state index is 0.192. The maximum atomic E-state index is 8.98. The van der Waals surface area contributed by atoms with Gasteiger partial charge in [0.1, 0.15) is 0 Å². The number of hydrogen-bond donors (Lipinski definition) is 1. The van der Waals surface area contributed by atoms with Gasteiger partial charge in [-0.15, -0.1) is 0 Å². The highest BCUT2D eigenvalue weighted by Gasteiger charge is 2.31. The quantitative estimate of drug-likeness (QED) is 0.861. The second kappa shape index (κ2) is 5.31. The average molecular weight is 229 g/mol. The molecule has 1 aliphatic rings. The van der Waals surface area contributed by atoms with Gasteiger partial charge in [0.25, 0.3) is 0 Å². The Morgan fingerprint density at radius 3 is 2.65 bits per heavy atom. The van der Waals surface area contributed by atoms with Crippen LogP contribution < -0.4 is 5.73 Å². The molecule has 1 aromatic rings. The second-order valence-electron chi connectivity index (χ2n) is 4.88. The van der Waals surface area contributed by atoms with Crippen LogP contribution in [0.4, 0.5) is 0 Å². The molecule has 1 aliphatic heterocycles. The van der Waals surface area contributed by atoms with Crippen LogP contribution in [-0.2, 0) is 0 Å². The van der Waals surface area contributed by atoms with E-state index in [2.05, 4.69) is 30.0 Å². The number of benzene rings is 1. The maximum Gasteiger partial charge on any atom is 0.0641 e. The van der Waals surface area contributed by atoms with Crippen molar-refractivity contribution in [3.63, 3.8) is 0 Å². The zero-order chi connectivity index (χ0) is 12.3. The molecule has 0 saturated carbocycles. The number of nitrogens with two attached hydrogens (primary N) is 1. The minimum absolute atomic E-state index is 0.192. The number of likely N-dealkylation sites (tertiary alicyclic amines) is 1. The molecule has 3 atom stereocenters. The lowest BCUT2D eigenvalue weighted by atomic mass is 10.0. The first-order chi connectivity index (χ1) is 8.22. The van der Waals surface area contributed by atoms with Crippen LogP contribution in [0.5, 0.6) is 0 Å². The first kappa shape index (κ1) is 12.1. The van der Waals surface area contributed by atoms with Crippen molar-refractivity contribution in [3.8, 4) is 6.07 Å². The molecule has 1 heterocycles. The van der Waals surface area contributed by atoms with Gasteiger partial charge in [-0.25, -0.2) is 0 Å². The van der Waals surface area contributed by atoms with Crippen LogP contribution in [0, 0.1) is 17.2 Å². The Morgan fingerprint density at radius 1 is 1.41 bits per heavy atom. The molecule has 0 bridgehead atoms. The Bertz CT molecular complexity index is 386. The molecule has 2 N–H and O–H groups in total. The molecule has 0 amide bonds. The summed E-state index contributed by atoms with van der Waals surface area (Å²) in [5.74, 6) is 0.514. The van der Waals surface area contributed by atoms with Crippen molar-refractivity contribution in [2.45, 2.75) is 25.4 Å². The van der Waals surface area contributed by atoms with Crippen molar-refractivity contribution < 1.29 is 0 Å². The number of nitriles is 1. The fraction of sp³-hybridized carbons (Fsp3) is 0.500. The zero-order valence-electron chi connectivity index (χ0n) is 10.2. The van der Waals surface area contributed by atoms with Crippen LogP contribution in [-0.4, -0.2) is 24.0 Å². The third-order valence-corrected chi connectivity index (χ3v) is 3.61. The van der Waals surface area contributed by atoms with E-state index in [9.17, 15) is 0 Å². The first-order valence-electron chi connectivity index (χ1n) is 6.14. The van der Waals surface area contributed by atoms with E-state index in [1.54, 1.807) is 0 Å². The van der Waals surface area contributed by atoms with E-state index in [1.807, 2.05) is 18.2 Å². The summed E-state index contributed by atoms with van der Waals surface area (Å²) < 4.78 is 0. The van der Waals surface area contributed by atoms with Gasteiger partial charge < -0.3 is 5.73 Å². The molecule has 0 radical (unpaired) electrons. The van der Waals surface area contributed by atoms with Gasteiger partial charge in [-0.2, -0.15) is 5.26 Å². The Balaban J connectivity index is 2.17. The highest BCUT2D eigenvalue weighted by Crippen LogP contribution is 2.29. The summed E-state index contributed by atoms with van der Waals surface area (Å²) in [6.07, 6.45) is 0.531. The minimum Gasteiger partial charge on any atom is -0.326 e. The monoisotopic (exact) mass is 229 g/mol. The van der Waals surface area contributed by atoms with Crippen LogP contribution in [0.2, 0.25) is 0 Å². The standard InChI is InChI=1S/C14H19N3/c1-11-9-17(10-13(11)16)14(7-8-15)12-5-3-2-4-6-12/h2-6,11,13-14H,7,9-10,16H2,1H3. The van der Waals surface area contributed by atoms with Crippen molar-refractivity contribution in [2.24, 2.45) is 11.7 Å². The van der Waals surface area contributed by atoms with Crippen molar-refractivity contribution in [3.05, 3.63) is 35.9 Å². The fourth-order valence-electron chi connectivity index (χ4n) is 2.50. The summed E-state index contributed by atoms with van der Waals surface area (Å²) in [4.78, 5) is 2.34. The lowest BCUT2D eigenvalue weighted by Crippen LogP contribution is -2.30. The molecule has 3 unspecified atom stereocenters. The number of nitrogens with zero attached hydrogens (tertiary/aromatic N) is 2. The van der Waals surface area contributed by atoms with Gasteiger partial charge in [-0.05, 0) is 11.5 Å². The Labute approximate surface area is 103 Å². The van der Waals surface area contributed by atoms with E-state index in [0.29, 0.717) is 12.3 Å². The van der Waals surface area contributed by atoms with Crippen LogP contribution in [0.25, 0.3) is 0 Å². The number of rotatable bonds is 3. The van der Waals surface area contributed by atoms with Gasteiger partial charge in [0, 0.05) is 25.2 Å². The molecule has 3 heteroatoms. The van der Waals surface area contributed by atoms with E-state index in [0.717, 1.165) is 13.1 Å². The van der Waals surface area contributed by atoms with Crippen molar-refractivity contribution in [1.29, 1.82) is 5.26 Å². The van der Waals surface area contributed by atoms with Gasteiger partial charge in [0.15, 0.2) is 0 Å². The maximum absolute atomic E-state index is 8.98. The average Bonchev–Trinajstić information content (AvgIpc) is 2.67. The third kappa shape index (κ3) is 2.66. The second-order valence-corrected chi connectivity index (χ2v) is 4.88. The summed E-state index contributed by atoms with van der Waals surface area (Å²) in [5, 5.41) is 8.98. The highest BCUT2D eigenvalue weighted by atomic mass is 15.2. The molecule has 0 spiro atoms. The van der Waals surface area contributed by atoms with Gasteiger partial charge >= 0.3 is 0 Å². The predicted octanol–water partition coefficient (Wildman–Crippen LogP) is 1.92. The van der Waals surface area contributed by atoms with E-state index < -0.39 is 0 Å². The summed E-state index contributed by atoms with van der Waals surface area (Å²) in [6.45, 7) is 4.06. The Morgan fingerprint density at radius 2 is 2.12 bits per heavy atom. The molecule has 1 aromatic carbocycles. The largest absolute Gasteiger partial charge is 0.326 e. The first-order valence-corrected chi connectivity index (χ1v) is 6.14. The molecule has 1 fully saturated rings. The van der Waals surface area contributed by atoms with Crippen LogP contribution in [0.15, 0.2) is 30.3 Å². The smallest absolute Gasteiger partial charge is 0.0641 e. The predicted molar refractivity (Wildman–Crippen MR) is 68.1 cm³/mol. The lowest BCUT2D eigenvalue weighted by Gasteiger charge is -2.26. The molecular weight excluding hydrogens is 210 g/mol. The van der Waals surface area contributed by atoms with Gasteiger partial charge in [-0.1, -0.05) is 37.3 Å². The topological polar surface area (TPSA) is 53.0 Å². The van der Waals surface area contributed by atoms with Crippen molar-refractivity contribution in [2.75, 3.05) is 13.1 Å². The molecule has 1 saturated heterocycles. The van der Waals surface area contributed by atoms with Crippen LogP contribution >= 0.6 is 0 Å². The van der Waals surface area contributed by atoms with E-state index >= 15 is 0 Å². The zero-order valence-corrected chi connectivity index (χ0v) is 10.2. The Hall–Kier alpha value is -1.37. The summed E-state index contributed by atoms with van der Waals surface area (Å²) >= 11 is 0. The SMILES string of the molecule is CC1CN(C(CC#N)c2ccccc2)CC1N. The molecule has 0 aliphatic carbocycles. The van der Waals surface area contributed by atoms with Gasteiger partial charge in [0.2, 0.25) is 0 Å². The highest BCUT2D eigenvalue weighted by molar-refractivity contribution is 5.20. The summed E-state index contributed by atoms with van der Waals surface area (Å²) in [5.41, 5.74) is 7.27. The Kier molecular flexibility index (Phi) is 3.78. The van der Waals surface area contributed by atoms with E-state index in [1.165, 1.54) is 5.56 Å². The normalized spacial score (nSPS) is 26.6. The molecule has 0 aromatic heterocycles. The fourth-order valence-corrected chi connectivity index (χ4v) is 2.50. The lowest BCUT2D eigenvalue weighted by molar-refractivity contribution is 0.240. The molecule has 3 nitrogen and oxygen atoms in total. The number of hydrogen-bond acceptors (Lipinski definition) is 3. The van der Waals surface area contributed by atoms with Crippen LogP contribution in [0.3, 0.4) is 0 Å². The summed E-state index contributed by atoms with van der Waals surface area (Å²) in [7, 11) is 0. The van der Waals surface area contributed by atoms with E-state index in [4.69, 9.17) is 11.0 Å². The third-order valence-electron chi connectivity index (χ3n) is 3.61. The van der Waals surface area contributed by atoms with Crippen molar-refractivity contribution >= 4 is 0 Å². The van der Waals surface area contributed by atoms with Crippen molar-refractivity contribution in [1.82, 2.24) is 4.90 Å². The molecule has 17 heavy (non-hydrogen) atoms. The van der Waals surface area contributed by atoms with Gasteiger partial charge in [0.05, 0.1) is 12.5 Å². The van der Waals surface area contributed by atoms with Crippen LogP contribution in [0.1, 0.15) is 24.9 Å².